The second-order valence-electron chi connectivity index (χ2n) is 2.21. The Bertz CT molecular complexity index is 271. The number of aryl methyl sites for hydroxylation is 1. The highest BCUT2D eigenvalue weighted by atomic mass is 16.5. The number of rotatable bonds is 2. The third kappa shape index (κ3) is 1.55. The van der Waals surface area contributed by atoms with Gasteiger partial charge in [-0.15, -0.1) is 0 Å². The fourth-order valence-electron chi connectivity index (χ4n) is 0.862. The number of carbonyl (C=O) groups excluding carboxylic acids is 1. The van der Waals surface area contributed by atoms with Gasteiger partial charge in [0, 0.05) is 17.3 Å². The Labute approximate surface area is 65.0 Å². The molecular formula is C8H9NO2. The summed E-state index contributed by atoms with van der Waals surface area (Å²) in [6.07, 6.45) is 2.25. The second-order valence-corrected chi connectivity index (χ2v) is 2.21. The number of aldehydes is 1. The average Bonchev–Trinajstić information content (AvgIpc) is 2.04. The van der Waals surface area contributed by atoms with Gasteiger partial charge in [0.1, 0.15) is 0 Å². The van der Waals surface area contributed by atoms with E-state index in [-0.39, 0.29) is 0 Å². The van der Waals surface area contributed by atoms with Gasteiger partial charge in [0.25, 0.3) is 0 Å². The molecule has 0 aliphatic heterocycles. The summed E-state index contributed by atoms with van der Waals surface area (Å²) in [5.41, 5.74) is 1.44. The van der Waals surface area contributed by atoms with Gasteiger partial charge in [-0.1, -0.05) is 0 Å². The van der Waals surface area contributed by atoms with E-state index in [1.165, 1.54) is 6.20 Å². The van der Waals surface area contributed by atoms with Gasteiger partial charge in [-0.05, 0) is 13.0 Å². The van der Waals surface area contributed by atoms with Gasteiger partial charge < -0.3 is 4.74 Å². The first-order valence-electron chi connectivity index (χ1n) is 3.23. The van der Waals surface area contributed by atoms with Gasteiger partial charge in [-0.2, -0.15) is 0 Å². The standard InChI is InChI=1S/C8H9NO2/c1-6-3-7(5-10)4-9-8(6)11-2/h3-5H,1-2H3. The summed E-state index contributed by atoms with van der Waals surface area (Å²) in [6.45, 7) is 1.85. The molecule has 0 bridgehead atoms. The first-order valence-corrected chi connectivity index (χ1v) is 3.23. The van der Waals surface area contributed by atoms with Gasteiger partial charge in [-0.25, -0.2) is 4.98 Å². The van der Waals surface area contributed by atoms with E-state index in [0.29, 0.717) is 11.4 Å². The molecule has 0 saturated carbocycles. The van der Waals surface area contributed by atoms with E-state index in [9.17, 15) is 4.79 Å². The molecule has 11 heavy (non-hydrogen) atoms. The fourth-order valence-corrected chi connectivity index (χ4v) is 0.862. The molecule has 1 heterocycles. The quantitative estimate of drug-likeness (QED) is 0.596. The third-order valence-electron chi connectivity index (χ3n) is 1.38. The number of hydrogen-bond acceptors (Lipinski definition) is 3. The summed E-state index contributed by atoms with van der Waals surface area (Å²) < 4.78 is 4.92. The lowest BCUT2D eigenvalue weighted by atomic mass is 10.2. The van der Waals surface area contributed by atoms with E-state index in [1.807, 2.05) is 6.92 Å². The van der Waals surface area contributed by atoms with Crippen molar-refractivity contribution in [3.05, 3.63) is 23.4 Å². The zero-order valence-corrected chi connectivity index (χ0v) is 6.50. The molecule has 1 aromatic rings. The van der Waals surface area contributed by atoms with Crippen molar-refractivity contribution in [2.24, 2.45) is 0 Å². The SMILES string of the molecule is COc1ncc(C=O)cc1C. The Hall–Kier alpha value is -1.38. The molecule has 0 aromatic carbocycles. The van der Waals surface area contributed by atoms with Gasteiger partial charge >= 0.3 is 0 Å². The second kappa shape index (κ2) is 3.14. The largest absolute Gasteiger partial charge is 0.481 e. The lowest BCUT2D eigenvalue weighted by Crippen LogP contribution is -1.92. The van der Waals surface area contributed by atoms with Crippen molar-refractivity contribution in [3.63, 3.8) is 0 Å². The van der Waals surface area contributed by atoms with Crippen LogP contribution in [0.2, 0.25) is 0 Å². The molecule has 0 saturated heterocycles. The Morgan fingerprint density at radius 3 is 2.82 bits per heavy atom. The molecule has 0 radical (unpaired) electrons. The minimum atomic E-state index is 0.565. The lowest BCUT2D eigenvalue weighted by Gasteiger charge is -2.01. The van der Waals surface area contributed by atoms with Gasteiger partial charge in [0.15, 0.2) is 6.29 Å². The number of pyridine rings is 1. The number of methoxy groups -OCH3 is 1. The molecule has 0 aliphatic rings. The summed E-state index contributed by atoms with van der Waals surface area (Å²) in [6, 6.07) is 1.73. The Morgan fingerprint density at radius 1 is 1.64 bits per heavy atom. The zero-order chi connectivity index (χ0) is 8.27. The van der Waals surface area contributed by atoms with Crippen molar-refractivity contribution in [3.8, 4) is 5.88 Å². The van der Waals surface area contributed by atoms with Crippen molar-refractivity contribution in [1.29, 1.82) is 0 Å². The van der Waals surface area contributed by atoms with E-state index in [4.69, 9.17) is 4.74 Å². The van der Waals surface area contributed by atoms with E-state index in [2.05, 4.69) is 4.98 Å². The smallest absolute Gasteiger partial charge is 0.215 e. The lowest BCUT2D eigenvalue weighted by molar-refractivity contribution is 0.112. The maximum absolute atomic E-state index is 10.3. The van der Waals surface area contributed by atoms with E-state index < -0.39 is 0 Å². The van der Waals surface area contributed by atoms with Crippen LogP contribution in [0, 0.1) is 6.92 Å². The van der Waals surface area contributed by atoms with Crippen molar-refractivity contribution in [1.82, 2.24) is 4.98 Å². The number of aromatic nitrogens is 1. The molecule has 1 aromatic heterocycles. The van der Waals surface area contributed by atoms with Crippen molar-refractivity contribution >= 4 is 6.29 Å². The monoisotopic (exact) mass is 151 g/mol. The normalized spacial score (nSPS) is 9.27. The summed E-state index contributed by atoms with van der Waals surface area (Å²) in [4.78, 5) is 14.2. The van der Waals surface area contributed by atoms with Crippen LogP contribution >= 0.6 is 0 Å². The number of hydrogen-bond donors (Lipinski definition) is 0. The highest BCUT2D eigenvalue weighted by Crippen LogP contribution is 2.12. The maximum atomic E-state index is 10.3. The number of carbonyl (C=O) groups is 1. The first kappa shape index (κ1) is 7.72. The van der Waals surface area contributed by atoms with Crippen LogP contribution in [0.4, 0.5) is 0 Å². The molecule has 1 rings (SSSR count). The van der Waals surface area contributed by atoms with E-state index in [0.717, 1.165) is 11.8 Å². The van der Waals surface area contributed by atoms with Gasteiger partial charge in [0.2, 0.25) is 5.88 Å². The summed E-state index contributed by atoms with van der Waals surface area (Å²) in [7, 11) is 1.55. The average molecular weight is 151 g/mol. The molecule has 0 amide bonds. The molecule has 0 spiro atoms. The number of nitrogens with zero attached hydrogens (tertiary/aromatic N) is 1. The van der Waals surface area contributed by atoms with E-state index in [1.54, 1.807) is 13.2 Å². The first-order chi connectivity index (χ1) is 5.27. The van der Waals surface area contributed by atoms with Crippen LogP contribution in [-0.4, -0.2) is 18.4 Å². The summed E-state index contributed by atoms with van der Waals surface area (Å²) in [5.74, 6) is 0.565. The van der Waals surface area contributed by atoms with Crippen LogP contribution in [0.5, 0.6) is 5.88 Å². The predicted molar refractivity (Wildman–Crippen MR) is 40.9 cm³/mol. The van der Waals surface area contributed by atoms with Crippen molar-refractivity contribution in [2.75, 3.05) is 7.11 Å². The van der Waals surface area contributed by atoms with Crippen LogP contribution in [0.25, 0.3) is 0 Å². The molecule has 0 fully saturated rings. The van der Waals surface area contributed by atoms with Crippen LogP contribution < -0.4 is 4.74 Å². The zero-order valence-electron chi connectivity index (χ0n) is 6.50. The Balaban J connectivity index is 3.09. The number of ether oxygens (including phenoxy) is 1. The molecule has 3 heteroatoms. The predicted octanol–water partition coefficient (Wildman–Crippen LogP) is 1.21. The van der Waals surface area contributed by atoms with Crippen LogP contribution in [-0.2, 0) is 0 Å². The highest BCUT2D eigenvalue weighted by molar-refractivity contribution is 5.74. The molecule has 0 atom stereocenters. The summed E-state index contributed by atoms with van der Waals surface area (Å²) >= 11 is 0. The van der Waals surface area contributed by atoms with Crippen molar-refractivity contribution < 1.29 is 9.53 Å². The molecule has 0 unspecified atom stereocenters. The molecule has 0 aliphatic carbocycles. The van der Waals surface area contributed by atoms with Gasteiger partial charge in [-0.3, -0.25) is 4.79 Å². The molecule has 3 nitrogen and oxygen atoms in total. The highest BCUT2D eigenvalue weighted by Gasteiger charge is 1.99. The minimum Gasteiger partial charge on any atom is -0.481 e. The van der Waals surface area contributed by atoms with Gasteiger partial charge in [0.05, 0.1) is 7.11 Å². The maximum Gasteiger partial charge on any atom is 0.215 e. The Morgan fingerprint density at radius 2 is 2.36 bits per heavy atom. The minimum absolute atomic E-state index is 0.565. The van der Waals surface area contributed by atoms with Crippen LogP contribution in [0.15, 0.2) is 12.3 Å². The summed E-state index contributed by atoms with van der Waals surface area (Å²) in [5, 5.41) is 0. The fraction of sp³-hybridized carbons (Fsp3) is 0.250. The topological polar surface area (TPSA) is 39.2 Å². The van der Waals surface area contributed by atoms with E-state index >= 15 is 0 Å². The van der Waals surface area contributed by atoms with Crippen LogP contribution in [0.3, 0.4) is 0 Å². The molecular weight excluding hydrogens is 142 g/mol. The molecule has 58 valence electrons. The van der Waals surface area contributed by atoms with Crippen molar-refractivity contribution in [2.45, 2.75) is 6.92 Å². The van der Waals surface area contributed by atoms with Crippen LogP contribution in [0.1, 0.15) is 15.9 Å². The molecule has 0 N–H and O–H groups in total. The Kier molecular flexibility index (Phi) is 2.21. The third-order valence-corrected chi connectivity index (χ3v) is 1.38.